The van der Waals surface area contributed by atoms with Gasteiger partial charge in [-0.25, -0.2) is 15.6 Å². The third-order valence-electron chi connectivity index (χ3n) is 2.74. The van der Waals surface area contributed by atoms with E-state index in [9.17, 15) is 4.79 Å². The fourth-order valence-electron chi connectivity index (χ4n) is 1.75. The second kappa shape index (κ2) is 6.55. The van der Waals surface area contributed by atoms with Crippen molar-refractivity contribution < 1.29 is 4.79 Å². The molecule has 0 atom stereocenters. The number of anilines is 2. The van der Waals surface area contributed by atoms with E-state index in [0.717, 1.165) is 15.1 Å². The first kappa shape index (κ1) is 15.3. The largest absolute Gasteiger partial charge is 0.368 e. The van der Waals surface area contributed by atoms with Crippen molar-refractivity contribution in [3.05, 3.63) is 10.9 Å². The van der Waals surface area contributed by atoms with E-state index in [1.165, 1.54) is 4.90 Å². The standard InChI is InChI=1S/C12H19N7OS/c1-7-6-8-9(14-4-5-15-12(20)19(2)3)16-11(18-13)17-10(8)21-7/h6H,4-5,13H2,1-3H3,(H,15,20)(H2,14,16,17,18). The van der Waals surface area contributed by atoms with Gasteiger partial charge in [-0.1, -0.05) is 0 Å². The Morgan fingerprint density at radius 2 is 2.14 bits per heavy atom. The molecule has 5 N–H and O–H groups in total. The van der Waals surface area contributed by atoms with Crippen molar-refractivity contribution in [2.45, 2.75) is 6.92 Å². The van der Waals surface area contributed by atoms with Gasteiger partial charge in [0.25, 0.3) is 0 Å². The number of carbonyl (C=O) groups excluding carboxylic acids is 1. The molecule has 8 nitrogen and oxygen atoms in total. The predicted octanol–water partition coefficient (Wildman–Crippen LogP) is 0.968. The van der Waals surface area contributed by atoms with Gasteiger partial charge in [0.2, 0.25) is 5.95 Å². The quantitative estimate of drug-likeness (QED) is 0.372. The van der Waals surface area contributed by atoms with E-state index < -0.39 is 0 Å². The van der Waals surface area contributed by atoms with Gasteiger partial charge in [0.15, 0.2) is 0 Å². The SMILES string of the molecule is Cc1cc2c(NCCNC(=O)N(C)C)nc(NN)nc2s1. The van der Waals surface area contributed by atoms with Gasteiger partial charge in [-0.2, -0.15) is 4.98 Å². The first-order chi connectivity index (χ1) is 10.0. The monoisotopic (exact) mass is 309 g/mol. The van der Waals surface area contributed by atoms with Crippen LogP contribution in [0.15, 0.2) is 6.07 Å². The molecule has 0 bridgehead atoms. The van der Waals surface area contributed by atoms with Crippen LogP contribution in [0.5, 0.6) is 0 Å². The van der Waals surface area contributed by atoms with Gasteiger partial charge >= 0.3 is 6.03 Å². The highest BCUT2D eigenvalue weighted by Crippen LogP contribution is 2.29. The maximum Gasteiger partial charge on any atom is 0.316 e. The lowest BCUT2D eigenvalue weighted by Crippen LogP contribution is -2.37. The van der Waals surface area contributed by atoms with Crippen LogP contribution in [-0.2, 0) is 0 Å². The molecule has 2 rings (SSSR count). The number of thiophene rings is 1. The maximum atomic E-state index is 11.4. The number of nitrogens with one attached hydrogen (secondary N) is 3. The maximum absolute atomic E-state index is 11.4. The summed E-state index contributed by atoms with van der Waals surface area (Å²) in [7, 11) is 3.40. The summed E-state index contributed by atoms with van der Waals surface area (Å²) in [5.74, 6) is 6.45. The van der Waals surface area contributed by atoms with E-state index in [2.05, 4.69) is 26.0 Å². The van der Waals surface area contributed by atoms with Crippen LogP contribution in [0.3, 0.4) is 0 Å². The van der Waals surface area contributed by atoms with Crippen LogP contribution in [0.1, 0.15) is 4.88 Å². The van der Waals surface area contributed by atoms with Crippen LogP contribution in [0, 0.1) is 6.92 Å². The molecule has 0 unspecified atom stereocenters. The average Bonchev–Trinajstić information content (AvgIpc) is 2.82. The number of nitrogen functional groups attached to an aromatic ring is 1. The minimum Gasteiger partial charge on any atom is -0.368 e. The molecule has 2 aromatic heterocycles. The van der Waals surface area contributed by atoms with E-state index in [-0.39, 0.29) is 6.03 Å². The fraction of sp³-hybridized carbons (Fsp3) is 0.417. The van der Waals surface area contributed by atoms with Gasteiger partial charge in [0, 0.05) is 32.1 Å². The summed E-state index contributed by atoms with van der Waals surface area (Å²) in [4.78, 5) is 23.5. The lowest BCUT2D eigenvalue weighted by Gasteiger charge is -2.13. The zero-order valence-corrected chi connectivity index (χ0v) is 13.0. The predicted molar refractivity (Wildman–Crippen MR) is 85.5 cm³/mol. The summed E-state index contributed by atoms with van der Waals surface area (Å²) in [5.41, 5.74) is 2.46. The Hall–Kier alpha value is -2.13. The van der Waals surface area contributed by atoms with Crippen LogP contribution in [0.25, 0.3) is 10.2 Å². The minimum absolute atomic E-state index is 0.125. The molecule has 0 fully saturated rings. The summed E-state index contributed by atoms with van der Waals surface area (Å²) >= 11 is 1.58. The highest BCUT2D eigenvalue weighted by Gasteiger charge is 2.10. The Morgan fingerprint density at radius 1 is 1.38 bits per heavy atom. The molecule has 2 amide bonds. The van der Waals surface area contributed by atoms with Gasteiger partial charge in [-0.05, 0) is 13.0 Å². The van der Waals surface area contributed by atoms with Crippen LogP contribution >= 0.6 is 11.3 Å². The summed E-state index contributed by atoms with van der Waals surface area (Å²) in [6.45, 7) is 3.07. The Kier molecular flexibility index (Phi) is 4.76. The molecular formula is C12H19N7OS. The molecule has 0 aromatic carbocycles. The minimum atomic E-state index is -0.125. The number of aryl methyl sites for hydroxylation is 1. The Morgan fingerprint density at radius 3 is 2.81 bits per heavy atom. The Labute approximate surface area is 126 Å². The third-order valence-corrected chi connectivity index (χ3v) is 3.69. The van der Waals surface area contributed by atoms with E-state index in [4.69, 9.17) is 5.84 Å². The third kappa shape index (κ3) is 3.70. The number of urea groups is 1. The summed E-state index contributed by atoms with van der Waals surface area (Å²) in [6.07, 6.45) is 0. The average molecular weight is 309 g/mol. The van der Waals surface area contributed by atoms with Crippen molar-refractivity contribution in [2.75, 3.05) is 37.9 Å². The number of rotatable bonds is 5. The number of nitrogens with two attached hydrogens (primary N) is 1. The molecule has 0 saturated carbocycles. The summed E-state index contributed by atoms with van der Waals surface area (Å²) < 4.78 is 0. The molecule has 2 aromatic rings. The number of amides is 2. The van der Waals surface area contributed by atoms with Crippen molar-refractivity contribution in [1.29, 1.82) is 0 Å². The molecule has 21 heavy (non-hydrogen) atoms. The van der Waals surface area contributed by atoms with Crippen molar-refractivity contribution in [1.82, 2.24) is 20.2 Å². The van der Waals surface area contributed by atoms with Crippen molar-refractivity contribution in [2.24, 2.45) is 5.84 Å². The molecule has 114 valence electrons. The first-order valence-corrected chi connectivity index (χ1v) is 7.26. The van der Waals surface area contributed by atoms with Gasteiger partial charge in [0.05, 0.1) is 5.39 Å². The lowest BCUT2D eigenvalue weighted by molar-refractivity contribution is 0.218. The number of nitrogens with zero attached hydrogens (tertiary/aromatic N) is 3. The van der Waals surface area contributed by atoms with Crippen molar-refractivity contribution in [3.63, 3.8) is 0 Å². The van der Waals surface area contributed by atoms with Crippen molar-refractivity contribution >= 4 is 39.4 Å². The fourth-order valence-corrected chi connectivity index (χ4v) is 2.63. The molecule has 0 spiro atoms. The number of hydrazine groups is 1. The second-order valence-electron chi connectivity index (χ2n) is 4.67. The molecule has 2 heterocycles. The van der Waals surface area contributed by atoms with Gasteiger partial charge in [-0.3, -0.25) is 5.43 Å². The topological polar surface area (TPSA) is 108 Å². The lowest BCUT2D eigenvalue weighted by atomic mass is 10.3. The molecule has 0 aliphatic rings. The molecular weight excluding hydrogens is 290 g/mol. The molecule has 0 aliphatic carbocycles. The van der Waals surface area contributed by atoms with Gasteiger partial charge in [-0.15, -0.1) is 11.3 Å². The van der Waals surface area contributed by atoms with E-state index >= 15 is 0 Å². The smallest absolute Gasteiger partial charge is 0.316 e. The molecule has 9 heteroatoms. The van der Waals surface area contributed by atoms with E-state index in [1.54, 1.807) is 25.4 Å². The molecule has 0 aliphatic heterocycles. The number of hydrogen-bond donors (Lipinski definition) is 4. The van der Waals surface area contributed by atoms with Gasteiger partial charge < -0.3 is 15.5 Å². The second-order valence-corrected chi connectivity index (χ2v) is 5.90. The highest BCUT2D eigenvalue weighted by molar-refractivity contribution is 7.18. The van der Waals surface area contributed by atoms with E-state index in [1.807, 2.05) is 13.0 Å². The summed E-state index contributed by atoms with van der Waals surface area (Å²) in [5, 5.41) is 6.93. The number of carbonyl (C=O) groups is 1. The van der Waals surface area contributed by atoms with Crippen LogP contribution < -0.4 is 21.9 Å². The molecule has 0 radical (unpaired) electrons. The Balaban J connectivity index is 2.05. The Bertz CT molecular complexity index is 640. The van der Waals surface area contributed by atoms with Gasteiger partial charge in [0.1, 0.15) is 10.6 Å². The van der Waals surface area contributed by atoms with Crippen molar-refractivity contribution in [3.8, 4) is 0 Å². The van der Waals surface area contributed by atoms with Crippen LogP contribution in [-0.4, -0.2) is 48.1 Å². The number of hydrogen-bond acceptors (Lipinski definition) is 7. The molecule has 0 saturated heterocycles. The zero-order valence-electron chi connectivity index (χ0n) is 12.2. The highest BCUT2D eigenvalue weighted by atomic mass is 32.1. The normalized spacial score (nSPS) is 10.5. The number of fused-ring (bicyclic) bond motifs is 1. The zero-order chi connectivity index (χ0) is 15.4. The summed E-state index contributed by atoms with van der Waals surface area (Å²) in [6, 6.07) is 1.90. The van der Waals surface area contributed by atoms with Crippen LogP contribution in [0.2, 0.25) is 0 Å². The number of aromatic nitrogens is 2. The van der Waals surface area contributed by atoms with E-state index in [0.29, 0.717) is 24.9 Å². The first-order valence-electron chi connectivity index (χ1n) is 6.45. The van der Waals surface area contributed by atoms with Crippen LogP contribution in [0.4, 0.5) is 16.6 Å².